The van der Waals surface area contributed by atoms with Crippen LogP contribution in [0.3, 0.4) is 0 Å². The van der Waals surface area contributed by atoms with Gasteiger partial charge in [0.05, 0.1) is 19.4 Å². The molecule has 5 nitrogen and oxygen atoms in total. The van der Waals surface area contributed by atoms with Gasteiger partial charge in [-0.1, -0.05) is 12.2 Å². The van der Waals surface area contributed by atoms with Gasteiger partial charge in [-0.25, -0.2) is 0 Å². The summed E-state index contributed by atoms with van der Waals surface area (Å²) in [5.41, 5.74) is 0.241. The average Bonchev–Trinajstić information content (AvgIpc) is 3.23. The summed E-state index contributed by atoms with van der Waals surface area (Å²) in [4.78, 5) is 18.9. The van der Waals surface area contributed by atoms with Gasteiger partial charge in [0.25, 0.3) is 0 Å². The van der Waals surface area contributed by atoms with E-state index in [9.17, 15) is 4.79 Å². The van der Waals surface area contributed by atoms with Crippen LogP contribution in [0.4, 0.5) is 0 Å². The summed E-state index contributed by atoms with van der Waals surface area (Å²) in [6, 6.07) is 3.84. The van der Waals surface area contributed by atoms with Crippen molar-refractivity contribution >= 4 is 5.91 Å². The van der Waals surface area contributed by atoms with Crippen LogP contribution in [0.15, 0.2) is 36.7 Å². The van der Waals surface area contributed by atoms with Gasteiger partial charge in [0.2, 0.25) is 5.91 Å². The second-order valence-corrected chi connectivity index (χ2v) is 7.85. The molecule has 4 rings (SSSR count). The van der Waals surface area contributed by atoms with Crippen LogP contribution in [0, 0.1) is 17.3 Å². The Morgan fingerprint density at radius 3 is 2.81 bits per heavy atom. The SMILES string of the molecule is O=C(C1CC=CC1)N1CCC2(CCOC[C@H]2COc2cccnc2)CC1. The number of amides is 1. The van der Waals surface area contributed by atoms with Crippen molar-refractivity contribution in [1.82, 2.24) is 9.88 Å². The molecule has 0 radical (unpaired) electrons. The molecule has 26 heavy (non-hydrogen) atoms. The molecule has 140 valence electrons. The topological polar surface area (TPSA) is 51.7 Å². The average molecular weight is 356 g/mol. The highest BCUT2D eigenvalue weighted by Crippen LogP contribution is 2.45. The molecule has 3 aliphatic rings. The van der Waals surface area contributed by atoms with Crippen LogP contribution in [0.2, 0.25) is 0 Å². The number of piperidine rings is 1. The Bertz CT molecular complexity index is 630. The summed E-state index contributed by atoms with van der Waals surface area (Å²) in [6.07, 6.45) is 12.8. The van der Waals surface area contributed by atoms with Gasteiger partial charge in [-0.3, -0.25) is 9.78 Å². The molecule has 0 aromatic carbocycles. The fourth-order valence-corrected chi connectivity index (χ4v) is 4.64. The Labute approximate surface area is 155 Å². The standard InChI is InChI=1S/C21H28N2O3/c24-20(17-4-1-2-5-17)23-11-7-21(8-12-23)9-13-25-15-18(21)16-26-19-6-3-10-22-14-19/h1-3,6,10,14,17-18H,4-5,7-9,11-13,15-16H2/t18-/m0/s1. The summed E-state index contributed by atoms with van der Waals surface area (Å²) >= 11 is 0. The fourth-order valence-electron chi connectivity index (χ4n) is 4.64. The lowest BCUT2D eigenvalue weighted by Crippen LogP contribution is -2.51. The zero-order valence-corrected chi connectivity index (χ0v) is 15.3. The molecule has 3 heterocycles. The Morgan fingerprint density at radius 2 is 2.08 bits per heavy atom. The Hall–Kier alpha value is -1.88. The molecule has 1 aromatic heterocycles. The van der Waals surface area contributed by atoms with Gasteiger partial charge in [0.1, 0.15) is 5.75 Å². The van der Waals surface area contributed by atoms with Crippen molar-refractivity contribution in [3.8, 4) is 5.75 Å². The molecule has 1 spiro atoms. The molecule has 0 saturated carbocycles. The van der Waals surface area contributed by atoms with Crippen molar-refractivity contribution in [2.24, 2.45) is 17.3 Å². The van der Waals surface area contributed by atoms with Crippen LogP contribution in [0.1, 0.15) is 32.1 Å². The zero-order chi connectivity index (χ0) is 17.8. The third-order valence-corrected chi connectivity index (χ3v) is 6.44. The molecule has 0 N–H and O–H groups in total. The first-order chi connectivity index (χ1) is 12.8. The van der Waals surface area contributed by atoms with Gasteiger partial charge >= 0.3 is 0 Å². The normalized spacial score (nSPS) is 25.5. The number of allylic oxidation sites excluding steroid dienone is 2. The van der Waals surface area contributed by atoms with E-state index in [0.29, 0.717) is 18.4 Å². The van der Waals surface area contributed by atoms with E-state index in [1.807, 2.05) is 12.1 Å². The number of pyridine rings is 1. The first-order valence-corrected chi connectivity index (χ1v) is 9.81. The minimum atomic E-state index is 0.184. The molecule has 1 aromatic rings. The van der Waals surface area contributed by atoms with E-state index in [-0.39, 0.29) is 11.3 Å². The highest BCUT2D eigenvalue weighted by Gasteiger charge is 2.45. The second-order valence-electron chi connectivity index (χ2n) is 7.85. The maximum absolute atomic E-state index is 12.7. The third-order valence-electron chi connectivity index (χ3n) is 6.44. The smallest absolute Gasteiger partial charge is 0.226 e. The molecule has 0 unspecified atom stereocenters. The van der Waals surface area contributed by atoms with Crippen LogP contribution < -0.4 is 4.74 Å². The largest absolute Gasteiger partial charge is 0.492 e. The van der Waals surface area contributed by atoms with Crippen molar-refractivity contribution < 1.29 is 14.3 Å². The van der Waals surface area contributed by atoms with E-state index in [1.54, 1.807) is 12.4 Å². The molecule has 1 aliphatic carbocycles. The molecule has 2 aliphatic heterocycles. The first-order valence-electron chi connectivity index (χ1n) is 9.81. The van der Waals surface area contributed by atoms with Gasteiger partial charge in [-0.15, -0.1) is 0 Å². The predicted octanol–water partition coefficient (Wildman–Crippen LogP) is 3.07. The summed E-state index contributed by atoms with van der Waals surface area (Å²) in [6.45, 7) is 3.98. The number of likely N-dealkylation sites (tertiary alicyclic amines) is 1. The predicted molar refractivity (Wildman–Crippen MR) is 98.8 cm³/mol. The van der Waals surface area contributed by atoms with E-state index in [0.717, 1.165) is 64.2 Å². The van der Waals surface area contributed by atoms with Gasteiger partial charge in [-0.05, 0) is 49.7 Å². The first kappa shape index (κ1) is 17.5. The number of aromatic nitrogens is 1. The molecule has 5 heteroatoms. The minimum absolute atomic E-state index is 0.184. The molecular formula is C21H28N2O3. The van der Waals surface area contributed by atoms with Crippen molar-refractivity contribution in [3.63, 3.8) is 0 Å². The van der Waals surface area contributed by atoms with E-state index in [4.69, 9.17) is 9.47 Å². The Balaban J connectivity index is 1.36. The van der Waals surface area contributed by atoms with Gasteiger partial charge in [0.15, 0.2) is 0 Å². The van der Waals surface area contributed by atoms with E-state index in [1.165, 1.54) is 0 Å². The lowest BCUT2D eigenvalue weighted by Gasteiger charge is -2.49. The quantitative estimate of drug-likeness (QED) is 0.778. The van der Waals surface area contributed by atoms with E-state index >= 15 is 0 Å². The van der Waals surface area contributed by atoms with Crippen molar-refractivity contribution in [2.45, 2.75) is 32.1 Å². The molecule has 0 bridgehead atoms. The second kappa shape index (κ2) is 7.78. The van der Waals surface area contributed by atoms with Crippen molar-refractivity contribution in [1.29, 1.82) is 0 Å². The number of hydrogen-bond acceptors (Lipinski definition) is 4. The molecule has 2 saturated heterocycles. The highest BCUT2D eigenvalue weighted by molar-refractivity contribution is 5.79. The monoisotopic (exact) mass is 356 g/mol. The maximum atomic E-state index is 12.7. The fraction of sp³-hybridized carbons (Fsp3) is 0.619. The lowest BCUT2D eigenvalue weighted by atomic mass is 9.66. The van der Waals surface area contributed by atoms with Crippen LogP contribution >= 0.6 is 0 Å². The van der Waals surface area contributed by atoms with Crippen LogP contribution in [-0.2, 0) is 9.53 Å². The molecule has 1 amide bonds. The zero-order valence-electron chi connectivity index (χ0n) is 15.3. The highest BCUT2D eigenvalue weighted by atomic mass is 16.5. The molecule has 1 atom stereocenters. The van der Waals surface area contributed by atoms with Crippen LogP contribution in [0.25, 0.3) is 0 Å². The van der Waals surface area contributed by atoms with E-state index < -0.39 is 0 Å². The number of ether oxygens (including phenoxy) is 2. The number of nitrogens with zero attached hydrogens (tertiary/aromatic N) is 2. The number of rotatable bonds is 4. The van der Waals surface area contributed by atoms with Crippen LogP contribution in [0.5, 0.6) is 5.75 Å². The van der Waals surface area contributed by atoms with Crippen molar-refractivity contribution in [2.75, 3.05) is 32.9 Å². The number of hydrogen-bond donors (Lipinski definition) is 0. The Morgan fingerprint density at radius 1 is 1.27 bits per heavy atom. The maximum Gasteiger partial charge on any atom is 0.226 e. The van der Waals surface area contributed by atoms with E-state index in [2.05, 4.69) is 22.0 Å². The molecule has 2 fully saturated rings. The summed E-state index contributed by atoms with van der Waals surface area (Å²) in [5.74, 6) is 1.72. The van der Waals surface area contributed by atoms with Gasteiger partial charge in [0, 0.05) is 37.7 Å². The summed E-state index contributed by atoms with van der Waals surface area (Å²) in [5, 5.41) is 0. The number of carbonyl (C=O) groups is 1. The summed E-state index contributed by atoms with van der Waals surface area (Å²) < 4.78 is 11.8. The van der Waals surface area contributed by atoms with Crippen molar-refractivity contribution in [3.05, 3.63) is 36.7 Å². The molecular weight excluding hydrogens is 328 g/mol. The van der Waals surface area contributed by atoms with Gasteiger partial charge < -0.3 is 14.4 Å². The Kier molecular flexibility index (Phi) is 5.25. The van der Waals surface area contributed by atoms with Gasteiger partial charge in [-0.2, -0.15) is 0 Å². The summed E-state index contributed by atoms with van der Waals surface area (Å²) in [7, 11) is 0. The minimum Gasteiger partial charge on any atom is -0.492 e. The van der Waals surface area contributed by atoms with Crippen LogP contribution in [-0.4, -0.2) is 48.7 Å². The lowest BCUT2D eigenvalue weighted by molar-refractivity contribution is -0.141. The third kappa shape index (κ3) is 3.63. The number of carbonyl (C=O) groups excluding carboxylic acids is 1.